The number of rotatable bonds is 1. The van der Waals surface area contributed by atoms with Crippen LogP contribution in [0.3, 0.4) is 0 Å². The van der Waals surface area contributed by atoms with E-state index in [0.717, 1.165) is 0 Å². The molecule has 3 aromatic carbocycles. The minimum Gasteiger partial charge on any atom is -0.467 e. The van der Waals surface area contributed by atoms with E-state index in [2.05, 4.69) is 15.9 Å². The summed E-state index contributed by atoms with van der Waals surface area (Å²) >= 11 is 3.47. The van der Waals surface area contributed by atoms with Crippen molar-refractivity contribution in [3.63, 3.8) is 0 Å². The van der Waals surface area contributed by atoms with E-state index in [-0.39, 0.29) is 34.6 Å². The molecule has 0 radical (unpaired) electrons. The van der Waals surface area contributed by atoms with Crippen LogP contribution >= 0.6 is 15.9 Å². The predicted octanol–water partition coefficient (Wildman–Crippen LogP) is 4.42. The van der Waals surface area contributed by atoms with E-state index in [0.29, 0.717) is 21.1 Å². The van der Waals surface area contributed by atoms with Crippen LogP contribution in [0.1, 0.15) is 38.8 Å². The molecule has 7 nitrogen and oxygen atoms in total. The van der Waals surface area contributed by atoms with Crippen molar-refractivity contribution in [2.45, 2.75) is 17.9 Å². The van der Waals surface area contributed by atoms with Gasteiger partial charge in [-0.05, 0) is 37.3 Å². The largest absolute Gasteiger partial charge is 0.467 e. The number of amides is 1. The average molecular weight is 542 g/mol. The third-order valence-electron chi connectivity index (χ3n) is 7.52. The maximum Gasteiger partial charge on any atom is 0.344 e. The number of hydrogen-bond donors (Lipinski definition) is 0. The number of benzene rings is 3. The topological polar surface area (TPSA) is 93.9 Å². The lowest BCUT2D eigenvalue weighted by molar-refractivity contribution is -0.124. The molecule has 0 saturated heterocycles. The van der Waals surface area contributed by atoms with Gasteiger partial charge in [-0.3, -0.25) is 14.4 Å². The third-order valence-corrected chi connectivity index (χ3v) is 8.01. The number of para-hydroxylation sites is 1. The van der Waals surface area contributed by atoms with Gasteiger partial charge in [0.2, 0.25) is 17.5 Å². The molecule has 7 rings (SSSR count). The fraction of sp³-hybridized carbons (Fsp3) is 0.143. The van der Waals surface area contributed by atoms with Crippen LogP contribution in [0.4, 0.5) is 5.69 Å². The highest BCUT2D eigenvalue weighted by atomic mass is 79.9. The van der Waals surface area contributed by atoms with Crippen molar-refractivity contribution in [2.75, 3.05) is 11.4 Å². The number of likely N-dealkylation sites (N-methyl/N-ethyl adjacent to an activating group) is 1. The monoisotopic (exact) mass is 541 g/mol. The molecule has 176 valence electrons. The van der Waals surface area contributed by atoms with Crippen LogP contribution in [0, 0.1) is 0 Å². The van der Waals surface area contributed by atoms with Gasteiger partial charge < -0.3 is 14.1 Å². The zero-order chi connectivity index (χ0) is 25.0. The van der Waals surface area contributed by atoms with Crippen LogP contribution in [0.5, 0.6) is 5.75 Å². The predicted molar refractivity (Wildman–Crippen MR) is 134 cm³/mol. The van der Waals surface area contributed by atoms with Crippen molar-refractivity contribution in [3.05, 3.63) is 104 Å². The van der Waals surface area contributed by atoms with Crippen molar-refractivity contribution < 1.29 is 23.5 Å². The van der Waals surface area contributed by atoms with Gasteiger partial charge in [-0.25, -0.2) is 4.79 Å². The molecule has 36 heavy (non-hydrogen) atoms. The number of hydrogen-bond acceptors (Lipinski definition) is 6. The summed E-state index contributed by atoms with van der Waals surface area (Å²) in [5.74, 6) is -1.86. The SMILES string of the molecule is CCN1C(=O)[C@]2(c3cc(Br)ccc31)c1c(c3ccccc3oc1=O)OC21C(=O)c2ccccc2C1=O. The number of ketones is 2. The standard InChI is InChI=1S/C28H16BrNO6/c1-2-30-19-12-11-14(29)13-18(19)27(26(30)34)21-22(17-9-5-6-10-20(17)35-25(21)33)36-28(27)23(31)15-7-3-4-8-16(15)24(28)32/h3-13H,2H2,1H3/t27-/m0/s1. The Kier molecular flexibility index (Phi) is 4.01. The van der Waals surface area contributed by atoms with Gasteiger partial charge in [0.15, 0.2) is 5.41 Å². The highest BCUT2D eigenvalue weighted by Gasteiger charge is 2.80. The van der Waals surface area contributed by atoms with Crippen LogP contribution in [-0.2, 0) is 10.2 Å². The second-order valence-corrected chi connectivity index (χ2v) is 9.95. The van der Waals surface area contributed by atoms with Gasteiger partial charge in [0.25, 0.3) is 5.60 Å². The molecule has 3 aliphatic rings. The Morgan fingerprint density at radius 1 is 0.889 bits per heavy atom. The fourth-order valence-electron chi connectivity index (χ4n) is 6.12. The van der Waals surface area contributed by atoms with Gasteiger partial charge in [-0.1, -0.05) is 52.3 Å². The molecule has 0 unspecified atom stereocenters. The minimum atomic E-state index is -2.33. The Bertz CT molecular complexity index is 1740. The first-order valence-electron chi connectivity index (χ1n) is 11.4. The summed E-state index contributed by atoms with van der Waals surface area (Å²) in [5, 5.41) is 0.402. The van der Waals surface area contributed by atoms with E-state index in [9.17, 15) is 19.2 Å². The molecular weight excluding hydrogens is 526 g/mol. The molecule has 4 aromatic rings. The van der Waals surface area contributed by atoms with Gasteiger partial charge in [0.05, 0.1) is 5.39 Å². The summed E-state index contributed by atoms with van der Waals surface area (Å²) < 4.78 is 12.7. The number of Topliss-reactive ketones (excluding diaryl/α,β-unsaturated/α-hetero) is 2. The van der Waals surface area contributed by atoms with Crippen molar-refractivity contribution in [1.29, 1.82) is 0 Å². The maximum atomic E-state index is 14.5. The van der Waals surface area contributed by atoms with E-state index >= 15 is 0 Å². The van der Waals surface area contributed by atoms with Gasteiger partial charge in [0.1, 0.15) is 16.9 Å². The lowest BCUT2D eigenvalue weighted by atomic mass is 9.63. The van der Waals surface area contributed by atoms with E-state index in [1.54, 1.807) is 73.7 Å². The number of carbonyl (C=O) groups excluding carboxylic acids is 3. The van der Waals surface area contributed by atoms with Gasteiger partial charge in [-0.2, -0.15) is 0 Å². The Morgan fingerprint density at radius 2 is 1.56 bits per heavy atom. The van der Waals surface area contributed by atoms with Crippen molar-refractivity contribution in [2.24, 2.45) is 0 Å². The number of ether oxygens (including phenoxy) is 1. The van der Waals surface area contributed by atoms with Crippen molar-refractivity contribution >= 4 is 50.1 Å². The Hall–Kier alpha value is -4.04. The smallest absolute Gasteiger partial charge is 0.344 e. The maximum absolute atomic E-state index is 14.5. The Morgan fingerprint density at radius 3 is 2.25 bits per heavy atom. The highest BCUT2D eigenvalue weighted by molar-refractivity contribution is 9.10. The second-order valence-electron chi connectivity index (χ2n) is 9.04. The first-order valence-corrected chi connectivity index (χ1v) is 12.2. The van der Waals surface area contributed by atoms with Crippen molar-refractivity contribution in [3.8, 4) is 5.75 Å². The summed E-state index contributed by atoms with van der Waals surface area (Å²) in [6.07, 6.45) is 0. The summed E-state index contributed by atoms with van der Waals surface area (Å²) in [7, 11) is 0. The van der Waals surface area contributed by atoms with Crippen LogP contribution < -0.4 is 15.3 Å². The molecule has 0 saturated carbocycles. The molecule has 0 fully saturated rings. The van der Waals surface area contributed by atoms with Gasteiger partial charge in [-0.15, -0.1) is 0 Å². The molecule has 1 aromatic heterocycles. The summed E-state index contributed by atoms with van der Waals surface area (Å²) in [6.45, 7) is 2.05. The van der Waals surface area contributed by atoms with Gasteiger partial charge >= 0.3 is 5.63 Å². The third kappa shape index (κ3) is 2.12. The Balaban J connectivity index is 1.71. The first-order chi connectivity index (χ1) is 17.4. The molecule has 1 amide bonds. The molecule has 2 spiro atoms. The zero-order valence-electron chi connectivity index (χ0n) is 18.8. The molecule has 2 aliphatic heterocycles. The molecule has 1 aliphatic carbocycles. The number of carbonyl (C=O) groups is 3. The lowest BCUT2D eigenvalue weighted by Crippen LogP contribution is -2.64. The first kappa shape index (κ1) is 21.3. The van der Waals surface area contributed by atoms with Crippen LogP contribution in [0.25, 0.3) is 11.0 Å². The minimum absolute atomic E-state index is 0.0218. The van der Waals surface area contributed by atoms with Crippen LogP contribution in [0.2, 0.25) is 0 Å². The molecule has 8 heteroatoms. The van der Waals surface area contributed by atoms with Gasteiger partial charge in [0, 0.05) is 33.4 Å². The van der Waals surface area contributed by atoms with Crippen LogP contribution in [0.15, 0.2) is 80.4 Å². The number of nitrogens with zero attached hydrogens (tertiary/aromatic N) is 1. The van der Waals surface area contributed by atoms with Crippen LogP contribution in [-0.4, -0.2) is 29.6 Å². The van der Waals surface area contributed by atoms with E-state index < -0.39 is 34.1 Å². The second kappa shape index (κ2) is 6.79. The summed E-state index contributed by atoms with van der Waals surface area (Å²) in [4.78, 5) is 58.3. The summed E-state index contributed by atoms with van der Waals surface area (Å²) in [6, 6.07) is 18.3. The normalized spacial score (nSPS) is 20.8. The molecular formula is C28H16BrNO6. The van der Waals surface area contributed by atoms with E-state index in [1.165, 1.54) is 4.90 Å². The fourth-order valence-corrected chi connectivity index (χ4v) is 6.48. The molecule has 0 bridgehead atoms. The molecule has 3 heterocycles. The van der Waals surface area contributed by atoms with Crippen molar-refractivity contribution in [1.82, 2.24) is 0 Å². The van der Waals surface area contributed by atoms with E-state index in [4.69, 9.17) is 9.15 Å². The van der Waals surface area contributed by atoms with E-state index in [1.807, 2.05) is 0 Å². The lowest BCUT2D eigenvalue weighted by Gasteiger charge is -2.35. The number of halogens is 1. The quantitative estimate of drug-likeness (QED) is 0.261. The highest BCUT2D eigenvalue weighted by Crippen LogP contribution is 2.63. The molecule has 0 N–H and O–H groups in total. The summed E-state index contributed by atoms with van der Waals surface area (Å²) in [5.41, 5.74) is -3.94. The number of anilines is 1. The zero-order valence-corrected chi connectivity index (χ0v) is 20.4. The Labute approximate surface area is 212 Å². The average Bonchev–Trinajstić information content (AvgIpc) is 3.42. The molecule has 1 atom stereocenters. The number of fused-ring (bicyclic) bond motifs is 8.